The van der Waals surface area contributed by atoms with Gasteiger partial charge in [0.15, 0.2) is 0 Å². The molecule has 0 aliphatic heterocycles. The molecule has 0 bridgehead atoms. The summed E-state index contributed by atoms with van der Waals surface area (Å²) in [6.07, 6.45) is 2.67. The molecule has 0 spiro atoms. The van der Waals surface area contributed by atoms with Crippen LogP contribution in [-0.2, 0) is 0 Å². The molecule has 1 unspecified atom stereocenters. The van der Waals surface area contributed by atoms with Crippen LogP contribution >= 0.6 is 0 Å². The predicted octanol–water partition coefficient (Wildman–Crippen LogP) is 2.64. The summed E-state index contributed by atoms with van der Waals surface area (Å²) in [5, 5.41) is 12.3. The van der Waals surface area contributed by atoms with Gasteiger partial charge >= 0.3 is 0 Å². The number of nitrogens with zero attached hydrogens (tertiary/aromatic N) is 2. The Labute approximate surface area is 121 Å². The molecule has 3 N–H and O–H groups in total. The van der Waals surface area contributed by atoms with Gasteiger partial charge in [-0.2, -0.15) is 0 Å². The molecule has 1 aliphatic rings. The number of nitrogens with two attached hydrogens (primary N) is 1. The van der Waals surface area contributed by atoms with Gasteiger partial charge in [0.05, 0.1) is 5.92 Å². The van der Waals surface area contributed by atoms with E-state index in [0.29, 0.717) is 6.04 Å². The Hall–Kier alpha value is -1.55. The van der Waals surface area contributed by atoms with E-state index < -0.39 is 0 Å². The van der Waals surface area contributed by atoms with Crippen LogP contribution in [0.5, 0.6) is 0 Å². The molecule has 2 rings (SSSR count). The second-order valence-corrected chi connectivity index (χ2v) is 5.98. The third-order valence-corrected chi connectivity index (χ3v) is 4.01. The Balaban J connectivity index is 2.13. The van der Waals surface area contributed by atoms with Crippen molar-refractivity contribution >= 4 is 5.84 Å². The van der Waals surface area contributed by atoms with Crippen molar-refractivity contribution in [2.45, 2.75) is 38.6 Å². The zero-order valence-corrected chi connectivity index (χ0v) is 12.4. The highest BCUT2D eigenvalue weighted by atomic mass is 16.4. The molecule has 1 saturated carbocycles. The first kappa shape index (κ1) is 14.9. The Morgan fingerprint density at radius 2 is 2.00 bits per heavy atom. The molecule has 1 aromatic carbocycles. The highest BCUT2D eigenvalue weighted by Crippen LogP contribution is 2.31. The number of benzene rings is 1. The summed E-state index contributed by atoms with van der Waals surface area (Å²) in [4.78, 5) is 2.44. The van der Waals surface area contributed by atoms with Crippen LogP contribution in [0.15, 0.2) is 35.5 Å². The molecule has 0 amide bonds. The van der Waals surface area contributed by atoms with Gasteiger partial charge in [-0.1, -0.05) is 35.5 Å². The largest absolute Gasteiger partial charge is 0.409 e. The Bertz CT molecular complexity index is 440. The molecule has 1 fully saturated rings. The topological polar surface area (TPSA) is 61.8 Å². The standard InChI is InChI=1S/C16H25N3O/c1-12(2)19(10-13-8-9-13)11-15(16(17)18-20)14-6-4-3-5-7-14/h3-7,12-13,15,20H,8-11H2,1-2H3,(H2,17,18). The minimum absolute atomic E-state index is 0.0534. The van der Waals surface area contributed by atoms with Crippen LogP contribution in [0.25, 0.3) is 0 Å². The second-order valence-electron chi connectivity index (χ2n) is 5.98. The second kappa shape index (κ2) is 6.75. The summed E-state index contributed by atoms with van der Waals surface area (Å²) in [6, 6.07) is 10.5. The van der Waals surface area contributed by atoms with Crippen LogP contribution in [0.3, 0.4) is 0 Å². The molecule has 4 nitrogen and oxygen atoms in total. The van der Waals surface area contributed by atoms with Crippen LogP contribution in [0, 0.1) is 5.92 Å². The molecule has 1 aromatic rings. The minimum Gasteiger partial charge on any atom is -0.409 e. The van der Waals surface area contributed by atoms with Gasteiger partial charge in [0.25, 0.3) is 0 Å². The van der Waals surface area contributed by atoms with E-state index in [2.05, 4.69) is 23.9 Å². The maximum Gasteiger partial charge on any atom is 0.147 e. The van der Waals surface area contributed by atoms with Crippen molar-refractivity contribution in [3.63, 3.8) is 0 Å². The van der Waals surface area contributed by atoms with Gasteiger partial charge in [0.1, 0.15) is 5.84 Å². The highest BCUT2D eigenvalue weighted by molar-refractivity contribution is 5.87. The van der Waals surface area contributed by atoms with Crippen molar-refractivity contribution in [3.8, 4) is 0 Å². The summed E-state index contributed by atoms with van der Waals surface area (Å²) in [7, 11) is 0. The molecule has 1 aliphatic carbocycles. The number of hydrogen-bond donors (Lipinski definition) is 2. The molecule has 0 radical (unpaired) electrons. The van der Waals surface area contributed by atoms with E-state index in [4.69, 9.17) is 10.9 Å². The van der Waals surface area contributed by atoms with Crippen molar-refractivity contribution in [2.24, 2.45) is 16.8 Å². The van der Waals surface area contributed by atoms with Crippen LogP contribution in [0.2, 0.25) is 0 Å². The first-order chi connectivity index (χ1) is 9.61. The van der Waals surface area contributed by atoms with Crippen molar-refractivity contribution in [1.29, 1.82) is 0 Å². The summed E-state index contributed by atoms with van der Waals surface area (Å²) in [6.45, 7) is 6.32. The molecule has 20 heavy (non-hydrogen) atoms. The summed E-state index contributed by atoms with van der Waals surface area (Å²) < 4.78 is 0. The summed E-state index contributed by atoms with van der Waals surface area (Å²) in [5.74, 6) is 1.07. The van der Waals surface area contributed by atoms with E-state index in [0.717, 1.165) is 24.6 Å². The summed E-state index contributed by atoms with van der Waals surface area (Å²) in [5.41, 5.74) is 7.02. The Morgan fingerprint density at radius 3 is 2.50 bits per heavy atom. The average Bonchev–Trinajstić information content (AvgIpc) is 3.27. The number of oxime groups is 1. The van der Waals surface area contributed by atoms with Crippen molar-refractivity contribution in [3.05, 3.63) is 35.9 Å². The van der Waals surface area contributed by atoms with Gasteiger partial charge in [-0.15, -0.1) is 0 Å². The number of hydrogen-bond acceptors (Lipinski definition) is 3. The quantitative estimate of drug-likeness (QED) is 0.348. The van der Waals surface area contributed by atoms with Gasteiger partial charge in [0.2, 0.25) is 0 Å². The Morgan fingerprint density at radius 1 is 1.35 bits per heavy atom. The molecule has 0 aromatic heterocycles. The average molecular weight is 275 g/mol. The van der Waals surface area contributed by atoms with E-state index >= 15 is 0 Å². The Kier molecular flexibility index (Phi) is 5.01. The monoisotopic (exact) mass is 275 g/mol. The van der Waals surface area contributed by atoms with E-state index in [9.17, 15) is 0 Å². The normalized spacial score (nSPS) is 17.7. The van der Waals surface area contributed by atoms with E-state index in [1.165, 1.54) is 12.8 Å². The maximum absolute atomic E-state index is 9.06. The molecule has 4 heteroatoms. The van der Waals surface area contributed by atoms with Gasteiger partial charge in [0, 0.05) is 19.1 Å². The molecular weight excluding hydrogens is 250 g/mol. The molecular formula is C16H25N3O. The fourth-order valence-corrected chi connectivity index (χ4v) is 2.49. The molecule has 0 heterocycles. The van der Waals surface area contributed by atoms with E-state index in [1.807, 2.05) is 30.3 Å². The van der Waals surface area contributed by atoms with Crippen LogP contribution in [0.1, 0.15) is 38.2 Å². The third kappa shape index (κ3) is 3.97. The van der Waals surface area contributed by atoms with Crippen molar-refractivity contribution < 1.29 is 5.21 Å². The van der Waals surface area contributed by atoms with Crippen LogP contribution in [-0.4, -0.2) is 35.1 Å². The third-order valence-electron chi connectivity index (χ3n) is 4.01. The molecule has 110 valence electrons. The van der Waals surface area contributed by atoms with Gasteiger partial charge < -0.3 is 10.9 Å². The number of rotatable bonds is 7. The zero-order valence-electron chi connectivity index (χ0n) is 12.4. The first-order valence-corrected chi connectivity index (χ1v) is 7.38. The van der Waals surface area contributed by atoms with E-state index in [-0.39, 0.29) is 11.8 Å². The fraction of sp³-hybridized carbons (Fsp3) is 0.562. The smallest absolute Gasteiger partial charge is 0.147 e. The lowest BCUT2D eigenvalue weighted by molar-refractivity contribution is 0.208. The lowest BCUT2D eigenvalue weighted by atomic mass is 9.96. The van der Waals surface area contributed by atoms with Crippen molar-refractivity contribution in [2.75, 3.05) is 13.1 Å². The lowest BCUT2D eigenvalue weighted by Crippen LogP contribution is -2.40. The SMILES string of the molecule is CC(C)N(CC1CC1)CC(C(N)=NO)c1ccccc1. The van der Waals surface area contributed by atoms with Gasteiger partial charge in [-0.25, -0.2) is 0 Å². The lowest BCUT2D eigenvalue weighted by Gasteiger charge is -2.30. The van der Waals surface area contributed by atoms with Crippen LogP contribution < -0.4 is 5.73 Å². The first-order valence-electron chi connectivity index (χ1n) is 7.38. The van der Waals surface area contributed by atoms with E-state index in [1.54, 1.807) is 0 Å². The molecule has 1 atom stereocenters. The summed E-state index contributed by atoms with van der Waals surface area (Å²) >= 11 is 0. The van der Waals surface area contributed by atoms with Crippen LogP contribution in [0.4, 0.5) is 0 Å². The van der Waals surface area contributed by atoms with Gasteiger partial charge in [-0.05, 0) is 38.2 Å². The fourth-order valence-electron chi connectivity index (χ4n) is 2.49. The number of amidine groups is 1. The highest BCUT2D eigenvalue weighted by Gasteiger charge is 2.28. The van der Waals surface area contributed by atoms with Gasteiger partial charge in [-0.3, -0.25) is 4.90 Å². The molecule has 0 saturated heterocycles. The van der Waals surface area contributed by atoms with Crippen molar-refractivity contribution in [1.82, 2.24) is 4.90 Å². The zero-order chi connectivity index (χ0) is 14.5. The predicted molar refractivity (Wildman–Crippen MR) is 82.0 cm³/mol. The maximum atomic E-state index is 9.06. The minimum atomic E-state index is -0.0534.